The van der Waals surface area contributed by atoms with Crippen LogP contribution in [0.5, 0.6) is 5.75 Å². The van der Waals surface area contributed by atoms with Gasteiger partial charge in [0, 0.05) is 40.9 Å². The molecular weight excluding hydrogens is 886 g/mol. The lowest BCUT2D eigenvalue weighted by Gasteiger charge is -2.23. The van der Waals surface area contributed by atoms with Gasteiger partial charge in [-0.15, -0.1) is 0 Å². The number of benzene rings is 3. The van der Waals surface area contributed by atoms with Gasteiger partial charge in [-0.2, -0.15) is 0 Å². The Balaban J connectivity index is 0.824. The molecule has 21 nitrogen and oxygen atoms in total. The third-order valence-electron chi connectivity index (χ3n) is 11.1. The number of phenols is 1. The summed E-state index contributed by atoms with van der Waals surface area (Å²) in [5, 5.41) is 54.5. The quantitative estimate of drug-likeness (QED) is 0.0271. The van der Waals surface area contributed by atoms with Crippen LogP contribution in [-0.4, -0.2) is 108 Å². The van der Waals surface area contributed by atoms with Crippen molar-refractivity contribution in [3.63, 3.8) is 0 Å². The molecule has 2 saturated heterocycles. The topological polar surface area (TPSA) is 308 Å². The molecule has 0 saturated carbocycles. The maximum absolute atomic E-state index is 13.9. The number of aromatic nitrogens is 4. The van der Waals surface area contributed by atoms with Gasteiger partial charge in [0.05, 0.1) is 31.1 Å². The van der Waals surface area contributed by atoms with Crippen molar-refractivity contribution in [1.29, 1.82) is 0 Å². The van der Waals surface area contributed by atoms with Gasteiger partial charge in [0.1, 0.15) is 47.2 Å². The van der Waals surface area contributed by atoms with E-state index in [-0.39, 0.29) is 56.8 Å². The highest BCUT2D eigenvalue weighted by Crippen LogP contribution is 2.46. The standard InChI is InChI=1S/C42H46N9O12PS/c43-37-34-38(47-20-46-37)51(21-48-34)40-36(55)35(54)32(63-40)19-61-64(59,50-39(56)29-6-5-14-44-29)60-15-4-2-1-3-13-45-42(65)49-22-7-10-25(28(16-22)41(57)58)33-26-11-8-23(52)17-30(26)62-31-18-24(53)9-12-27(31)33/h7-12,16-18,20-21,29,32,35-36,40,44,52,54-55H,1-6,13-15,19H2,(H,57,58)(H2,43,46,47)(H2,45,49,65)(H,50,56,59)/t29-,32+,35+,36+,40+,64?/m0/s1. The van der Waals surface area contributed by atoms with Gasteiger partial charge in [-0.05, 0) is 86.4 Å². The van der Waals surface area contributed by atoms with E-state index >= 15 is 0 Å². The number of thiocarbonyl (C=S) groups is 1. The van der Waals surface area contributed by atoms with Crippen LogP contribution in [0.1, 0.15) is 55.1 Å². The summed E-state index contributed by atoms with van der Waals surface area (Å²) in [6, 6.07) is 13.0. The van der Waals surface area contributed by atoms with Crippen molar-refractivity contribution in [1.82, 2.24) is 35.2 Å². The Morgan fingerprint density at radius 2 is 1.82 bits per heavy atom. The zero-order chi connectivity index (χ0) is 45.8. The highest BCUT2D eigenvalue weighted by atomic mass is 32.1. The van der Waals surface area contributed by atoms with Crippen molar-refractivity contribution in [3.8, 4) is 28.2 Å². The highest BCUT2D eigenvalue weighted by molar-refractivity contribution is 7.80. The van der Waals surface area contributed by atoms with Gasteiger partial charge in [-0.1, -0.05) is 18.9 Å². The number of carbonyl (C=O) groups is 2. The minimum absolute atomic E-state index is 0.0298. The Kier molecular flexibility index (Phi) is 13.7. The minimum Gasteiger partial charge on any atom is -0.508 e. The molecule has 6 atom stereocenters. The molecule has 3 aliphatic heterocycles. The van der Waals surface area contributed by atoms with E-state index in [2.05, 4.69) is 36.0 Å². The van der Waals surface area contributed by atoms with Crippen LogP contribution in [0.2, 0.25) is 0 Å². The summed E-state index contributed by atoms with van der Waals surface area (Å²) >= 11 is 5.49. The monoisotopic (exact) mass is 931 g/mol. The maximum atomic E-state index is 13.9. The number of phenolic OH excluding ortho intramolecular Hbond substituents is 1. The predicted molar refractivity (Wildman–Crippen MR) is 240 cm³/mol. The zero-order valence-electron chi connectivity index (χ0n) is 34.6. The summed E-state index contributed by atoms with van der Waals surface area (Å²) in [7, 11) is -4.28. The van der Waals surface area contributed by atoms with Gasteiger partial charge in [0.2, 0.25) is 5.91 Å². The molecule has 2 aromatic heterocycles. The number of aliphatic hydroxyl groups excluding tert-OH is 2. The van der Waals surface area contributed by atoms with E-state index in [0.29, 0.717) is 66.5 Å². The molecule has 0 spiro atoms. The van der Waals surface area contributed by atoms with Gasteiger partial charge < -0.3 is 51.3 Å². The average Bonchev–Trinajstić information content (AvgIpc) is 4.04. The van der Waals surface area contributed by atoms with Crippen molar-refractivity contribution < 1.29 is 52.8 Å². The van der Waals surface area contributed by atoms with Gasteiger partial charge in [-0.3, -0.25) is 28.3 Å². The van der Waals surface area contributed by atoms with E-state index in [4.69, 9.17) is 36.2 Å². The van der Waals surface area contributed by atoms with E-state index in [1.165, 1.54) is 47.6 Å². The van der Waals surface area contributed by atoms with E-state index < -0.39 is 56.8 Å². The number of nitrogens with two attached hydrogens (primary N) is 1. The fraction of sp³-hybridized carbons (Fsp3) is 0.357. The number of amides is 1. The Labute approximate surface area is 375 Å². The number of nitrogens with one attached hydrogen (secondary N) is 4. The van der Waals surface area contributed by atoms with Gasteiger partial charge >= 0.3 is 13.7 Å². The number of aromatic hydroxyl groups is 1. The van der Waals surface area contributed by atoms with E-state index in [1.54, 1.807) is 24.3 Å². The lowest BCUT2D eigenvalue weighted by molar-refractivity contribution is -0.121. The fourth-order valence-electron chi connectivity index (χ4n) is 7.86. The van der Waals surface area contributed by atoms with Crippen LogP contribution >= 0.6 is 20.0 Å². The van der Waals surface area contributed by atoms with Crippen molar-refractivity contribution in [2.75, 3.05) is 37.4 Å². The summed E-state index contributed by atoms with van der Waals surface area (Å²) in [4.78, 5) is 50.0. The van der Waals surface area contributed by atoms with Crippen LogP contribution in [0.25, 0.3) is 44.6 Å². The molecule has 0 radical (unpaired) electrons. The molecule has 1 unspecified atom stereocenters. The minimum atomic E-state index is -4.28. The smallest absolute Gasteiger partial charge is 0.435 e. The molecule has 23 heteroatoms. The number of nitrogen functional groups attached to an aromatic ring is 1. The predicted octanol–water partition coefficient (Wildman–Crippen LogP) is 3.87. The second-order valence-corrected chi connectivity index (χ2v) is 17.7. The molecule has 2 fully saturated rings. The largest absolute Gasteiger partial charge is 0.508 e. The van der Waals surface area contributed by atoms with E-state index in [9.17, 15) is 39.4 Å². The first-order valence-electron chi connectivity index (χ1n) is 20.8. The second kappa shape index (κ2) is 19.6. The molecule has 4 aromatic rings. The normalized spacial score (nSPS) is 20.6. The Morgan fingerprint density at radius 3 is 2.62 bits per heavy atom. The molecule has 0 bridgehead atoms. The number of carbonyl (C=O) groups excluding carboxylic acids is 1. The Bertz CT molecular complexity index is 2820. The molecule has 65 heavy (non-hydrogen) atoms. The summed E-state index contributed by atoms with van der Waals surface area (Å²) in [5.41, 5.74) is 8.24. The molecule has 5 heterocycles. The number of imidazole rings is 1. The van der Waals surface area contributed by atoms with Crippen molar-refractivity contribution in [2.45, 2.75) is 69.1 Å². The number of ether oxygens (including phenoxy) is 1. The van der Waals surface area contributed by atoms with E-state index in [1.807, 2.05) is 0 Å². The van der Waals surface area contributed by atoms with Crippen LogP contribution in [0.3, 0.4) is 0 Å². The van der Waals surface area contributed by atoms with Crippen molar-refractivity contribution in [2.24, 2.45) is 0 Å². The molecule has 1 aliphatic carbocycles. The molecule has 1 amide bonds. The number of carboxylic acid groups (broad SMARTS) is 1. The molecule has 342 valence electrons. The first kappa shape index (κ1) is 45.5. The lowest BCUT2D eigenvalue weighted by Crippen LogP contribution is -2.40. The van der Waals surface area contributed by atoms with Crippen LogP contribution < -0.4 is 32.2 Å². The highest BCUT2D eigenvalue weighted by Gasteiger charge is 2.46. The number of aliphatic hydroxyl groups is 2. The van der Waals surface area contributed by atoms with Crippen LogP contribution in [-0.2, 0) is 23.1 Å². The van der Waals surface area contributed by atoms with Crippen LogP contribution in [0.4, 0.5) is 11.5 Å². The zero-order valence-corrected chi connectivity index (χ0v) is 36.3. The number of carboxylic acids is 1. The molecule has 2 aromatic carbocycles. The fourth-order valence-corrected chi connectivity index (χ4v) is 9.42. The van der Waals surface area contributed by atoms with Crippen LogP contribution in [0.15, 0.2) is 76.5 Å². The van der Waals surface area contributed by atoms with Crippen molar-refractivity contribution in [3.05, 3.63) is 83.0 Å². The van der Waals surface area contributed by atoms with Crippen molar-refractivity contribution >= 4 is 70.6 Å². The van der Waals surface area contributed by atoms with Gasteiger partial charge in [-0.25, -0.2) is 24.3 Å². The number of anilines is 2. The SMILES string of the molecule is Nc1ncnc2c1ncn2[C@@H]1O[C@H](COP(=O)(NC(=O)[C@@H]2CCCN2)OCCCCCCNC(=S)Nc2ccc(-c3c4ccc(=O)cc-4oc4cc(O)ccc34)c(C(=O)O)c2)[C@@H](O)[C@H]1O. The number of hydrogen-bond acceptors (Lipinski definition) is 17. The third-order valence-corrected chi connectivity index (χ3v) is 12.9. The average molecular weight is 932 g/mol. The summed E-state index contributed by atoms with van der Waals surface area (Å²) in [5.74, 6) is -1.44. The maximum Gasteiger partial charge on any atom is 0.435 e. The van der Waals surface area contributed by atoms with E-state index in [0.717, 1.165) is 12.8 Å². The Morgan fingerprint density at radius 1 is 1.00 bits per heavy atom. The summed E-state index contributed by atoms with van der Waals surface area (Å²) in [6.45, 7) is 0.581. The summed E-state index contributed by atoms with van der Waals surface area (Å²) < 4.78 is 38.5. The first-order chi connectivity index (χ1) is 31.3. The molecular formula is C42H46N9O12PS. The number of unbranched alkanes of at least 4 members (excludes halogenated alkanes) is 3. The Hall–Kier alpha value is -6.10. The van der Waals surface area contributed by atoms with Crippen LogP contribution in [0, 0.1) is 0 Å². The molecule has 4 aliphatic rings. The summed E-state index contributed by atoms with van der Waals surface area (Å²) in [6.07, 6.45) is 1.18. The first-order valence-corrected chi connectivity index (χ1v) is 22.7. The number of rotatable bonds is 17. The number of hydrogen-bond donors (Lipinski definition) is 9. The third kappa shape index (κ3) is 10.1. The number of fused-ring (bicyclic) bond motifs is 3. The lowest BCUT2D eigenvalue weighted by atomic mass is 9.90. The number of nitrogens with zero attached hydrogens (tertiary/aromatic N) is 4. The van der Waals surface area contributed by atoms with Gasteiger partial charge in [0.15, 0.2) is 28.2 Å². The second-order valence-electron chi connectivity index (χ2n) is 15.6. The molecule has 8 rings (SSSR count). The number of aromatic carboxylic acids is 1. The van der Waals surface area contributed by atoms with Gasteiger partial charge in [0.25, 0.3) is 0 Å². The molecule has 10 N–H and O–H groups in total.